The average molecular weight is 475 g/mol. The molecule has 8 heteroatoms. The number of nitrogens with one attached hydrogen (secondary N) is 2. The molecule has 3 amide bonds. The van der Waals surface area contributed by atoms with Crippen molar-refractivity contribution in [3.8, 4) is 0 Å². The number of aromatic nitrogens is 3. The number of amides is 3. The predicted molar refractivity (Wildman–Crippen MR) is 135 cm³/mol. The number of benzene rings is 1. The highest BCUT2D eigenvalue weighted by Crippen LogP contribution is 2.29. The van der Waals surface area contributed by atoms with Crippen LogP contribution in [0.15, 0.2) is 61.2 Å². The van der Waals surface area contributed by atoms with Crippen LogP contribution in [0.4, 0.5) is 4.79 Å². The Bertz CT molecular complexity index is 1110. The van der Waals surface area contributed by atoms with E-state index in [0.29, 0.717) is 25.2 Å². The fourth-order valence-corrected chi connectivity index (χ4v) is 4.52. The normalized spacial score (nSPS) is 15.0. The first-order valence-electron chi connectivity index (χ1n) is 12.3. The van der Waals surface area contributed by atoms with E-state index in [-0.39, 0.29) is 23.9 Å². The van der Waals surface area contributed by atoms with Crippen molar-refractivity contribution < 1.29 is 9.59 Å². The Labute approximate surface area is 206 Å². The van der Waals surface area contributed by atoms with Crippen molar-refractivity contribution >= 4 is 11.9 Å². The number of carbonyl (C=O) groups is 2. The summed E-state index contributed by atoms with van der Waals surface area (Å²) in [7, 11) is 0. The molecule has 1 fully saturated rings. The molecule has 35 heavy (non-hydrogen) atoms. The van der Waals surface area contributed by atoms with Crippen LogP contribution in [-0.4, -0.2) is 51.0 Å². The lowest BCUT2D eigenvalue weighted by Crippen LogP contribution is -2.45. The van der Waals surface area contributed by atoms with Crippen LogP contribution in [0.2, 0.25) is 0 Å². The van der Waals surface area contributed by atoms with E-state index in [1.54, 1.807) is 12.5 Å². The van der Waals surface area contributed by atoms with Crippen LogP contribution >= 0.6 is 0 Å². The van der Waals surface area contributed by atoms with Gasteiger partial charge in [-0.2, -0.15) is 0 Å². The van der Waals surface area contributed by atoms with Crippen LogP contribution in [0.25, 0.3) is 0 Å². The molecule has 2 aromatic heterocycles. The molecule has 1 aliphatic heterocycles. The molecule has 0 bridgehead atoms. The van der Waals surface area contributed by atoms with Gasteiger partial charge in [-0.3, -0.25) is 9.78 Å². The number of nitrogens with zero attached hydrogens (tertiary/aromatic N) is 4. The minimum Gasteiger partial charge on any atom is -0.352 e. The lowest BCUT2D eigenvalue weighted by Gasteiger charge is -2.33. The number of likely N-dealkylation sites (tertiary alicyclic amines) is 1. The van der Waals surface area contributed by atoms with Gasteiger partial charge in [-0.1, -0.05) is 30.3 Å². The molecule has 2 N–H and O–H groups in total. The molecule has 8 nitrogen and oxygen atoms in total. The SMILES string of the molecule is Cc1ccc(C(=O)NCCCn2ccnc2)c(C2CCN(C(=O)NC(C)c3ccccc3)CC2)n1. The molecule has 0 aliphatic carbocycles. The first-order valence-corrected chi connectivity index (χ1v) is 12.3. The highest BCUT2D eigenvalue weighted by Gasteiger charge is 2.28. The summed E-state index contributed by atoms with van der Waals surface area (Å²) in [6.45, 7) is 6.62. The number of rotatable bonds is 8. The van der Waals surface area contributed by atoms with Gasteiger partial charge >= 0.3 is 6.03 Å². The molecule has 0 saturated carbocycles. The van der Waals surface area contributed by atoms with Crippen LogP contribution in [0.3, 0.4) is 0 Å². The van der Waals surface area contributed by atoms with Gasteiger partial charge in [-0.25, -0.2) is 9.78 Å². The van der Waals surface area contributed by atoms with Crippen LogP contribution < -0.4 is 10.6 Å². The van der Waals surface area contributed by atoms with Crippen molar-refractivity contribution in [1.29, 1.82) is 0 Å². The molecular weight excluding hydrogens is 440 g/mol. The van der Waals surface area contributed by atoms with Gasteiger partial charge in [0.05, 0.1) is 23.6 Å². The Balaban J connectivity index is 1.31. The summed E-state index contributed by atoms with van der Waals surface area (Å²) < 4.78 is 2.00. The lowest BCUT2D eigenvalue weighted by molar-refractivity contribution is 0.0949. The maximum Gasteiger partial charge on any atom is 0.317 e. The van der Waals surface area contributed by atoms with Gasteiger partial charge in [0.25, 0.3) is 5.91 Å². The molecule has 1 aromatic carbocycles. The highest BCUT2D eigenvalue weighted by molar-refractivity contribution is 5.95. The van der Waals surface area contributed by atoms with Gasteiger partial charge in [-0.05, 0) is 50.8 Å². The van der Waals surface area contributed by atoms with E-state index in [2.05, 4.69) is 15.6 Å². The Morgan fingerprint density at radius 1 is 1.11 bits per heavy atom. The second kappa shape index (κ2) is 11.6. The van der Waals surface area contributed by atoms with E-state index < -0.39 is 0 Å². The molecule has 184 valence electrons. The zero-order valence-corrected chi connectivity index (χ0v) is 20.5. The third-order valence-electron chi connectivity index (χ3n) is 6.55. The summed E-state index contributed by atoms with van der Waals surface area (Å²) in [4.78, 5) is 36.4. The molecule has 1 unspecified atom stereocenters. The number of hydrogen-bond acceptors (Lipinski definition) is 4. The van der Waals surface area contributed by atoms with Gasteiger partial charge in [0.1, 0.15) is 0 Å². The van der Waals surface area contributed by atoms with Crippen molar-refractivity contribution in [2.75, 3.05) is 19.6 Å². The Hall–Kier alpha value is -3.68. The van der Waals surface area contributed by atoms with Crippen molar-refractivity contribution in [2.45, 2.75) is 51.6 Å². The molecule has 0 radical (unpaired) electrons. The number of piperidine rings is 1. The summed E-state index contributed by atoms with van der Waals surface area (Å²) in [5, 5.41) is 6.14. The Morgan fingerprint density at radius 3 is 2.60 bits per heavy atom. The quantitative estimate of drug-likeness (QED) is 0.482. The first kappa shape index (κ1) is 24.4. The van der Waals surface area contributed by atoms with E-state index in [9.17, 15) is 9.59 Å². The Morgan fingerprint density at radius 2 is 1.89 bits per heavy atom. The third-order valence-corrected chi connectivity index (χ3v) is 6.55. The van der Waals surface area contributed by atoms with Gasteiger partial charge in [-0.15, -0.1) is 0 Å². The average Bonchev–Trinajstić information content (AvgIpc) is 3.40. The van der Waals surface area contributed by atoms with E-state index in [1.807, 2.05) is 72.0 Å². The number of aryl methyl sites for hydroxylation is 2. The zero-order valence-electron chi connectivity index (χ0n) is 20.5. The van der Waals surface area contributed by atoms with Crippen molar-refractivity contribution in [2.24, 2.45) is 0 Å². The highest BCUT2D eigenvalue weighted by atomic mass is 16.2. The largest absolute Gasteiger partial charge is 0.352 e. The monoisotopic (exact) mass is 474 g/mol. The van der Waals surface area contributed by atoms with Crippen LogP contribution in [0, 0.1) is 6.92 Å². The first-order chi connectivity index (χ1) is 17.0. The van der Waals surface area contributed by atoms with Gasteiger partial charge in [0.2, 0.25) is 0 Å². The minimum atomic E-state index is -0.0880. The standard InChI is InChI=1S/C27H34N6O2/c1-20-9-10-24(26(34)29-13-6-15-32-18-14-28-19-32)25(30-20)23-11-16-33(17-12-23)27(35)31-21(2)22-7-4-3-5-8-22/h3-5,7-10,14,18-19,21,23H,6,11-13,15-17H2,1-2H3,(H,29,34)(H,31,35). The molecule has 3 aromatic rings. The maximum absolute atomic E-state index is 13.0. The number of pyridine rings is 1. The van der Waals surface area contributed by atoms with Crippen LogP contribution in [-0.2, 0) is 6.54 Å². The van der Waals surface area contributed by atoms with E-state index in [0.717, 1.165) is 42.8 Å². The molecule has 3 heterocycles. The number of urea groups is 1. The van der Waals surface area contributed by atoms with E-state index >= 15 is 0 Å². The van der Waals surface area contributed by atoms with Crippen molar-refractivity contribution in [3.63, 3.8) is 0 Å². The van der Waals surface area contributed by atoms with Crippen molar-refractivity contribution in [3.05, 3.63) is 83.7 Å². The second-order valence-electron chi connectivity index (χ2n) is 9.14. The van der Waals surface area contributed by atoms with Gasteiger partial charge in [0.15, 0.2) is 0 Å². The smallest absolute Gasteiger partial charge is 0.317 e. The number of hydrogen-bond donors (Lipinski definition) is 2. The Kier molecular flexibility index (Phi) is 8.13. The molecular formula is C27H34N6O2. The van der Waals surface area contributed by atoms with Crippen LogP contribution in [0.1, 0.15) is 65.5 Å². The topological polar surface area (TPSA) is 92.2 Å². The van der Waals surface area contributed by atoms with E-state index in [1.165, 1.54) is 0 Å². The molecule has 0 spiro atoms. The minimum absolute atomic E-state index is 0.0483. The summed E-state index contributed by atoms with van der Waals surface area (Å²) in [5.41, 5.74) is 3.46. The van der Waals surface area contributed by atoms with Crippen LogP contribution in [0.5, 0.6) is 0 Å². The third kappa shape index (κ3) is 6.47. The fraction of sp³-hybridized carbons (Fsp3) is 0.407. The summed E-state index contributed by atoms with van der Waals surface area (Å²) in [6.07, 6.45) is 7.83. The summed E-state index contributed by atoms with van der Waals surface area (Å²) >= 11 is 0. The summed E-state index contributed by atoms with van der Waals surface area (Å²) in [6, 6.07) is 13.6. The van der Waals surface area contributed by atoms with Gasteiger partial charge in [0, 0.05) is 50.2 Å². The number of imidazole rings is 1. The molecule has 1 aliphatic rings. The van der Waals surface area contributed by atoms with Gasteiger partial charge < -0.3 is 20.1 Å². The van der Waals surface area contributed by atoms with Crippen molar-refractivity contribution in [1.82, 2.24) is 30.1 Å². The molecule has 1 atom stereocenters. The maximum atomic E-state index is 13.0. The van der Waals surface area contributed by atoms with E-state index in [4.69, 9.17) is 4.98 Å². The fourth-order valence-electron chi connectivity index (χ4n) is 4.52. The second-order valence-corrected chi connectivity index (χ2v) is 9.14. The predicted octanol–water partition coefficient (Wildman–Crippen LogP) is 4.06. The number of carbonyl (C=O) groups excluding carboxylic acids is 2. The zero-order chi connectivity index (χ0) is 24.6. The molecule has 1 saturated heterocycles. The lowest BCUT2D eigenvalue weighted by atomic mass is 9.90. The molecule has 4 rings (SSSR count). The summed E-state index contributed by atoms with van der Waals surface area (Å²) in [5.74, 6) is 0.0622.